The molecular weight excluding hydrogens is 378 g/mol. The highest BCUT2D eigenvalue weighted by Gasteiger charge is 2.41. The topological polar surface area (TPSA) is 87.2 Å². The number of aryl methyl sites for hydroxylation is 2. The van der Waals surface area contributed by atoms with Crippen LogP contribution in [0.3, 0.4) is 0 Å². The van der Waals surface area contributed by atoms with E-state index in [1.807, 2.05) is 13.8 Å². The van der Waals surface area contributed by atoms with Gasteiger partial charge in [-0.2, -0.15) is 5.10 Å². The van der Waals surface area contributed by atoms with Gasteiger partial charge in [-0.25, -0.2) is 9.97 Å². The molecule has 7 heteroatoms. The van der Waals surface area contributed by atoms with Crippen molar-refractivity contribution in [1.82, 2.24) is 20.2 Å². The van der Waals surface area contributed by atoms with Crippen LogP contribution in [0.5, 0.6) is 0 Å². The minimum atomic E-state index is -0.122. The number of nitrogens with one attached hydrogen (secondary N) is 1. The molecule has 0 unspecified atom stereocenters. The van der Waals surface area contributed by atoms with E-state index in [4.69, 9.17) is 14.7 Å². The van der Waals surface area contributed by atoms with Crippen LogP contribution in [0.25, 0.3) is 22.2 Å². The van der Waals surface area contributed by atoms with E-state index in [0.29, 0.717) is 17.2 Å². The van der Waals surface area contributed by atoms with Gasteiger partial charge in [0.2, 0.25) is 0 Å². The van der Waals surface area contributed by atoms with Gasteiger partial charge in [0.1, 0.15) is 5.69 Å². The third-order valence-corrected chi connectivity index (χ3v) is 6.82. The van der Waals surface area contributed by atoms with E-state index in [2.05, 4.69) is 40.2 Å². The van der Waals surface area contributed by atoms with Gasteiger partial charge >= 0.3 is 0 Å². The van der Waals surface area contributed by atoms with Crippen LogP contribution in [-0.4, -0.2) is 51.1 Å². The second-order valence-electron chi connectivity index (χ2n) is 8.97. The van der Waals surface area contributed by atoms with Crippen molar-refractivity contribution in [2.24, 2.45) is 5.41 Å². The zero-order valence-electron chi connectivity index (χ0n) is 17.9. The van der Waals surface area contributed by atoms with Gasteiger partial charge in [-0.3, -0.25) is 5.10 Å². The van der Waals surface area contributed by atoms with Gasteiger partial charge in [-0.05, 0) is 51.5 Å². The predicted molar refractivity (Wildman–Crippen MR) is 116 cm³/mol. The van der Waals surface area contributed by atoms with Crippen LogP contribution in [0.4, 0.5) is 5.82 Å². The molecule has 0 bridgehead atoms. The molecule has 158 valence electrons. The van der Waals surface area contributed by atoms with Crippen LogP contribution in [0.1, 0.15) is 43.3 Å². The Bertz CT molecular complexity index is 1080. The molecule has 0 aliphatic carbocycles. The molecule has 1 atom stereocenters. The Morgan fingerprint density at radius 1 is 1.20 bits per heavy atom. The van der Waals surface area contributed by atoms with E-state index in [-0.39, 0.29) is 6.61 Å². The molecule has 2 saturated heterocycles. The lowest BCUT2D eigenvalue weighted by molar-refractivity contribution is 0.0975. The standard InChI is InChI=1S/C23H29N5O2/c1-14-11-23(13-30-14)6-8-28(9-7-23)22-20(12-29)25-21(16(3)24-22)17-4-5-18-15(2)26-27-19(18)10-17/h4-5,10,14,29H,6-9,11-13H2,1-3H3,(H,26,27)/t14-/m0/s1. The van der Waals surface area contributed by atoms with Crippen LogP contribution in [-0.2, 0) is 11.3 Å². The lowest BCUT2D eigenvalue weighted by Gasteiger charge is -2.39. The summed E-state index contributed by atoms with van der Waals surface area (Å²) in [5, 5.41) is 18.5. The summed E-state index contributed by atoms with van der Waals surface area (Å²) in [5.41, 5.74) is 5.58. The van der Waals surface area contributed by atoms with E-state index in [0.717, 1.165) is 78.3 Å². The van der Waals surface area contributed by atoms with Crippen molar-refractivity contribution in [2.75, 3.05) is 24.6 Å². The first-order valence-corrected chi connectivity index (χ1v) is 10.8. The number of H-pyrrole nitrogens is 1. The molecule has 1 aromatic carbocycles. The van der Waals surface area contributed by atoms with Gasteiger partial charge in [0.25, 0.3) is 0 Å². The summed E-state index contributed by atoms with van der Waals surface area (Å²) < 4.78 is 5.85. The average Bonchev–Trinajstić information content (AvgIpc) is 3.30. The number of piperidine rings is 1. The van der Waals surface area contributed by atoms with Crippen molar-refractivity contribution < 1.29 is 9.84 Å². The molecule has 2 aliphatic heterocycles. The van der Waals surface area contributed by atoms with Crippen LogP contribution < -0.4 is 4.90 Å². The van der Waals surface area contributed by atoms with Crippen molar-refractivity contribution in [1.29, 1.82) is 0 Å². The fourth-order valence-electron chi connectivity index (χ4n) is 5.07. The molecule has 0 saturated carbocycles. The summed E-state index contributed by atoms with van der Waals surface area (Å²) in [6.07, 6.45) is 3.70. The zero-order chi connectivity index (χ0) is 20.9. The Hall–Kier alpha value is -2.51. The highest BCUT2D eigenvalue weighted by atomic mass is 16.5. The third kappa shape index (κ3) is 3.26. The fourth-order valence-corrected chi connectivity index (χ4v) is 5.07. The number of ether oxygens (including phenoxy) is 1. The van der Waals surface area contributed by atoms with Crippen LogP contribution in [0.2, 0.25) is 0 Å². The Morgan fingerprint density at radius 3 is 2.70 bits per heavy atom. The molecule has 2 fully saturated rings. The summed E-state index contributed by atoms with van der Waals surface area (Å²) in [6.45, 7) is 8.75. The maximum absolute atomic E-state index is 10.1. The second kappa shape index (κ2) is 7.32. The van der Waals surface area contributed by atoms with Gasteiger partial charge in [0.05, 0.1) is 41.9 Å². The lowest BCUT2D eigenvalue weighted by Crippen LogP contribution is -2.41. The minimum absolute atomic E-state index is 0.122. The Morgan fingerprint density at radius 2 is 2.00 bits per heavy atom. The molecule has 0 radical (unpaired) electrons. The van der Waals surface area contributed by atoms with Crippen LogP contribution >= 0.6 is 0 Å². The number of hydrogen-bond acceptors (Lipinski definition) is 6. The number of aliphatic hydroxyl groups excluding tert-OH is 1. The summed E-state index contributed by atoms with van der Waals surface area (Å²) >= 11 is 0. The zero-order valence-corrected chi connectivity index (χ0v) is 17.9. The molecule has 4 heterocycles. The van der Waals surface area contributed by atoms with Crippen molar-refractivity contribution >= 4 is 16.7 Å². The molecule has 2 aliphatic rings. The number of aromatic amines is 1. The molecule has 7 nitrogen and oxygen atoms in total. The number of nitrogens with zero attached hydrogens (tertiary/aromatic N) is 4. The highest BCUT2D eigenvalue weighted by molar-refractivity contribution is 5.85. The number of anilines is 1. The van der Waals surface area contributed by atoms with Crippen LogP contribution in [0, 0.1) is 19.3 Å². The maximum Gasteiger partial charge on any atom is 0.153 e. The Balaban J connectivity index is 1.44. The summed E-state index contributed by atoms with van der Waals surface area (Å²) in [7, 11) is 0. The number of rotatable bonds is 3. The van der Waals surface area contributed by atoms with Crippen molar-refractivity contribution in [3.8, 4) is 11.3 Å². The van der Waals surface area contributed by atoms with Crippen molar-refractivity contribution in [3.63, 3.8) is 0 Å². The predicted octanol–water partition coefficient (Wildman–Crippen LogP) is 3.52. The van der Waals surface area contributed by atoms with E-state index in [1.165, 1.54) is 0 Å². The Labute approximate surface area is 176 Å². The van der Waals surface area contributed by atoms with Gasteiger partial charge in [0, 0.05) is 24.0 Å². The molecule has 0 amide bonds. The molecule has 2 aromatic heterocycles. The largest absolute Gasteiger partial charge is 0.390 e. The van der Waals surface area contributed by atoms with Crippen molar-refractivity contribution in [3.05, 3.63) is 35.3 Å². The normalized spacial score (nSPS) is 21.1. The third-order valence-electron chi connectivity index (χ3n) is 6.82. The molecule has 3 aromatic rings. The maximum atomic E-state index is 10.1. The van der Waals surface area contributed by atoms with Crippen LogP contribution in [0.15, 0.2) is 18.2 Å². The molecule has 1 spiro atoms. The number of aliphatic hydroxyl groups is 1. The van der Waals surface area contributed by atoms with Gasteiger partial charge < -0.3 is 14.7 Å². The second-order valence-corrected chi connectivity index (χ2v) is 8.97. The Kier molecular flexibility index (Phi) is 4.75. The summed E-state index contributed by atoms with van der Waals surface area (Å²) in [4.78, 5) is 12.0. The summed E-state index contributed by atoms with van der Waals surface area (Å²) in [5.74, 6) is 0.819. The SMILES string of the molecule is Cc1nc(N2CCC3(CC2)CO[C@@H](C)C3)c(CO)nc1-c1ccc2c(C)n[nH]c2c1. The van der Waals surface area contributed by atoms with Gasteiger partial charge in [0.15, 0.2) is 5.82 Å². The number of fused-ring (bicyclic) bond motifs is 1. The first kappa shape index (κ1) is 19.5. The molecular formula is C23H29N5O2. The van der Waals surface area contributed by atoms with E-state index in [9.17, 15) is 5.11 Å². The average molecular weight is 408 g/mol. The first-order valence-electron chi connectivity index (χ1n) is 10.8. The van der Waals surface area contributed by atoms with Crippen molar-refractivity contribution in [2.45, 2.75) is 52.7 Å². The van der Waals surface area contributed by atoms with E-state index in [1.54, 1.807) is 0 Å². The van der Waals surface area contributed by atoms with Gasteiger partial charge in [-0.15, -0.1) is 0 Å². The minimum Gasteiger partial charge on any atom is -0.390 e. The number of benzene rings is 1. The smallest absolute Gasteiger partial charge is 0.153 e. The quantitative estimate of drug-likeness (QED) is 0.691. The number of aromatic nitrogens is 4. The fraction of sp³-hybridized carbons (Fsp3) is 0.522. The molecule has 5 rings (SSSR count). The highest BCUT2D eigenvalue weighted by Crippen LogP contribution is 2.42. The lowest BCUT2D eigenvalue weighted by atomic mass is 9.77. The monoisotopic (exact) mass is 407 g/mol. The summed E-state index contributed by atoms with van der Waals surface area (Å²) in [6, 6.07) is 6.17. The molecule has 2 N–H and O–H groups in total. The van der Waals surface area contributed by atoms with E-state index < -0.39 is 0 Å². The number of hydrogen-bond donors (Lipinski definition) is 2. The van der Waals surface area contributed by atoms with E-state index >= 15 is 0 Å². The first-order chi connectivity index (χ1) is 14.5. The molecule has 30 heavy (non-hydrogen) atoms. The van der Waals surface area contributed by atoms with Gasteiger partial charge in [-0.1, -0.05) is 12.1 Å².